The lowest BCUT2D eigenvalue weighted by atomic mass is 10.0. The van der Waals surface area contributed by atoms with Gasteiger partial charge in [0.2, 0.25) is 0 Å². The van der Waals surface area contributed by atoms with E-state index in [1.165, 1.54) is 6.07 Å². The highest BCUT2D eigenvalue weighted by molar-refractivity contribution is 5.99. The molecule has 0 saturated carbocycles. The fourth-order valence-corrected chi connectivity index (χ4v) is 3.96. The number of carbonyl (C=O) groups excluding carboxylic acids is 1. The molecule has 0 fully saturated rings. The second-order valence-electron chi connectivity index (χ2n) is 8.23. The number of amides is 1. The number of fused-ring (bicyclic) bond motifs is 1. The number of benzene rings is 4. The van der Waals surface area contributed by atoms with Crippen molar-refractivity contribution in [3.63, 3.8) is 0 Å². The molecule has 0 aliphatic rings. The van der Waals surface area contributed by atoms with Gasteiger partial charge in [0.25, 0.3) is 5.91 Å². The third-order valence-corrected chi connectivity index (χ3v) is 5.53. The Labute approximate surface area is 207 Å². The topological polar surface area (TPSA) is 77.8 Å². The Balaban J connectivity index is 1.40. The monoisotopic (exact) mass is 477 g/mol. The van der Waals surface area contributed by atoms with Gasteiger partial charge in [-0.15, -0.1) is 0 Å². The van der Waals surface area contributed by atoms with Gasteiger partial charge < -0.3 is 19.2 Å². The third-order valence-electron chi connectivity index (χ3n) is 5.53. The summed E-state index contributed by atoms with van der Waals surface area (Å²) in [5, 5.41) is 3.49. The van der Waals surface area contributed by atoms with Crippen molar-refractivity contribution in [2.24, 2.45) is 0 Å². The molecule has 0 saturated heterocycles. The van der Waals surface area contributed by atoms with Crippen molar-refractivity contribution in [1.29, 1.82) is 0 Å². The van der Waals surface area contributed by atoms with Crippen LogP contribution in [0.15, 0.2) is 112 Å². The van der Waals surface area contributed by atoms with Crippen LogP contribution in [0.1, 0.15) is 5.56 Å². The van der Waals surface area contributed by atoms with Crippen LogP contribution in [0, 0.1) is 6.92 Å². The largest absolute Gasteiger partial charge is 0.483 e. The molecule has 4 aromatic carbocycles. The summed E-state index contributed by atoms with van der Waals surface area (Å²) in [4.78, 5) is 25.1. The van der Waals surface area contributed by atoms with E-state index < -0.39 is 5.63 Å². The highest BCUT2D eigenvalue weighted by Crippen LogP contribution is 2.35. The first-order chi connectivity index (χ1) is 17.6. The Bertz CT molecular complexity index is 1580. The zero-order valence-corrected chi connectivity index (χ0v) is 19.6. The Morgan fingerprint density at radius 3 is 2.31 bits per heavy atom. The van der Waals surface area contributed by atoms with Gasteiger partial charge in [-0.3, -0.25) is 4.79 Å². The van der Waals surface area contributed by atoms with Gasteiger partial charge in [-0.05, 0) is 54.4 Å². The molecule has 0 aliphatic carbocycles. The van der Waals surface area contributed by atoms with E-state index in [1.54, 1.807) is 18.2 Å². The first-order valence-electron chi connectivity index (χ1n) is 11.5. The van der Waals surface area contributed by atoms with Gasteiger partial charge in [0.05, 0.1) is 11.1 Å². The van der Waals surface area contributed by atoms with Crippen LogP contribution in [0.4, 0.5) is 5.69 Å². The molecular formula is C30H23NO5. The summed E-state index contributed by atoms with van der Waals surface area (Å²) in [6.07, 6.45) is 0. The molecule has 1 heterocycles. The highest BCUT2D eigenvalue weighted by atomic mass is 16.5. The van der Waals surface area contributed by atoms with Crippen LogP contribution in [0.5, 0.6) is 17.2 Å². The van der Waals surface area contributed by atoms with E-state index in [9.17, 15) is 9.59 Å². The minimum atomic E-state index is -0.453. The molecule has 5 aromatic rings. The zero-order chi connectivity index (χ0) is 24.9. The summed E-state index contributed by atoms with van der Waals surface area (Å²) >= 11 is 0. The van der Waals surface area contributed by atoms with E-state index in [-0.39, 0.29) is 12.5 Å². The lowest BCUT2D eigenvalue weighted by molar-refractivity contribution is -0.118. The maximum absolute atomic E-state index is 12.9. The number of hydrogen-bond acceptors (Lipinski definition) is 5. The van der Waals surface area contributed by atoms with Crippen LogP contribution in [0.25, 0.3) is 22.1 Å². The quantitative estimate of drug-likeness (QED) is 0.268. The fraction of sp³-hybridized carbons (Fsp3) is 0.0667. The number of nitrogens with one attached hydrogen (secondary N) is 1. The molecule has 5 rings (SSSR count). The van der Waals surface area contributed by atoms with Crippen molar-refractivity contribution < 1.29 is 18.7 Å². The van der Waals surface area contributed by atoms with E-state index in [2.05, 4.69) is 5.32 Å². The van der Waals surface area contributed by atoms with Crippen LogP contribution >= 0.6 is 0 Å². The molecule has 1 amide bonds. The lowest BCUT2D eigenvalue weighted by Crippen LogP contribution is -2.20. The second-order valence-corrected chi connectivity index (χ2v) is 8.23. The number of rotatable bonds is 7. The van der Waals surface area contributed by atoms with Gasteiger partial charge in [0.15, 0.2) is 12.4 Å². The molecule has 0 aliphatic heterocycles. The van der Waals surface area contributed by atoms with Crippen molar-refractivity contribution in [2.45, 2.75) is 6.92 Å². The standard InChI is InChI=1S/C30H23NO5/c1-20-16-26(30-23(21-10-4-2-5-11-21)18-29(33)36-27(30)17-20)34-19-28(32)31-24-14-8-9-15-25(24)35-22-12-6-3-7-13-22/h2-18H,19H2,1H3,(H,31,32). The molecule has 1 aromatic heterocycles. The number of hydrogen-bond donors (Lipinski definition) is 1. The summed E-state index contributed by atoms with van der Waals surface area (Å²) in [5.74, 6) is 1.28. The molecule has 36 heavy (non-hydrogen) atoms. The summed E-state index contributed by atoms with van der Waals surface area (Å²) in [6.45, 7) is 1.63. The Kier molecular flexibility index (Phi) is 6.49. The smallest absolute Gasteiger partial charge is 0.336 e. The van der Waals surface area contributed by atoms with E-state index in [1.807, 2.05) is 85.8 Å². The first kappa shape index (κ1) is 22.9. The van der Waals surface area contributed by atoms with Crippen molar-refractivity contribution in [3.05, 3.63) is 119 Å². The van der Waals surface area contributed by atoms with Gasteiger partial charge in [-0.25, -0.2) is 4.79 Å². The minimum absolute atomic E-state index is 0.244. The summed E-state index contributed by atoms with van der Waals surface area (Å²) < 4.78 is 17.4. The van der Waals surface area contributed by atoms with Crippen molar-refractivity contribution in [1.82, 2.24) is 0 Å². The molecule has 6 heteroatoms. The normalized spacial score (nSPS) is 10.7. The molecular weight excluding hydrogens is 454 g/mol. The Morgan fingerprint density at radius 1 is 0.833 bits per heavy atom. The minimum Gasteiger partial charge on any atom is -0.483 e. The average Bonchev–Trinajstić information content (AvgIpc) is 2.89. The van der Waals surface area contributed by atoms with Crippen molar-refractivity contribution in [3.8, 4) is 28.4 Å². The van der Waals surface area contributed by atoms with Gasteiger partial charge in [-0.2, -0.15) is 0 Å². The molecule has 0 atom stereocenters. The molecule has 0 bridgehead atoms. The maximum Gasteiger partial charge on any atom is 0.336 e. The average molecular weight is 478 g/mol. The Hall–Kier alpha value is -4.84. The zero-order valence-electron chi connectivity index (χ0n) is 19.6. The summed E-state index contributed by atoms with van der Waals surface area (Å²) in [7, 11) is 0. The van der Waals surface area contributed by atoms with E-state index >= 15 is 0 Å². The predicted molar refractivity (Wildman–Crippen MR) is 140 cm³/mol. The van der Waals surface area contributed by atoms with E-state index in [0.717, 1.165) is 11.1 Å². The first-order valence-corrected chi connectivity index (χ1v) is 11.5. The molecule has 6 nitrogen and oxygen atoms in total. The maximum atomic E-state index is 12.9. The number of anilines is 1. The van der Waals surface area contributed by atoms with Crippen LogP contribution < -0.4 is 20.4 Å². The van der Waals surface area contributed by atoms with E-state index in [0.29, 0.717) is 39.5 Å². The number of para-hydroxylation sites is 3. The van der Waals surface area contributed by atoms with Crippen LogP contribution in [-0.2, 0) is 4.79 Å². The number of carbonyl (C=O) groups is 1. The SMILES string of the molecule is Cc1cc(OCC(=O)Nc2ccccc2Oc2ccccc2)c2c(-c3ccccc3)cc(=O)oc2c1. The predicted octanol–water partition coefficient (Wildman–Crippen LogP) is 6.58. The molecule has 0 unspecified atom stereocenters. The van der Waals surface area contributed by atoms with E-state index in [4.69, 9.17) is 13.9 Å². The lowest BCUT2D eigenvalue weighted by Gasteiger charge is -2.15. The van der Waals surface area contributed by atoms with Crippen molar-refractivity contribution >= 4 is 22.6 Å². The molecule has 0 spiro atoms. The summed E-state index contributed by atoms with van der Waals surface area (Å²) in [6, 6.07) is 31.1. The van der Waals surface area contributed by atoms with Crippen LogP contribution in [0.3, 0.4) is 0 Å². The molecule has 178 valence electrons. The third kappa shape index (κ3) is 5.13. The molecule has 1 N–H and O–H groups in total. The van der Waals surface area contributed by atoms with Crippen LogP contribution in [-0.4, -0.2) is 12.5 Å². The Morgan fingerprint density at radius 2 is 1.53 bits per heavy atom. The number of aryl methyl sites for hydroxylation is 1. The number of ether oxygens (including phenoxy) is 2. The van der Waals surface area contributed by atoms with Gasteiger partial charge in [0.1, 0.15) is 17.1 Å². The van der Waals surface area contributed by atoms with Gasteiger partial charge in [-0.1, -0.05) is 60.7 Å². The second kappa shape index (κ2) is 10.2. The van der Waals surface area contributed by atoms with Gasteiger partial charge >= 0.3 is 5.63 Å². The summed E-state index contributed by atoms with van der Waals surface area (Å²) in [5.41, 5.74) is 2.84. The fourth-order valence-electron chi connectivity index (χ4n) is 3.96. The highest BCUT2D eigenvalue weighted by Gasteiger charge is 2.16. The molecule has 0 radical (unpaired) electrons. The van der Waals surface area contributed by atoms with Gasteiger partial charge in [0, 0.05) is 11.6 Å². The van der Waals surface area contributed by atoms with Crippen molar-refractivity contribution in [2.75, 3.05) is 11.9 Å². The van der Waals surface area contributed by atoms with Crippen LogP contribution in [0.2, 0.25) is 0 Å².